The molecule has 1 aliphatic heterocycles. The quantitative estimate of drug-likeness (QED) is 0.852. The van der Waals surface area contributed by atoms with E-state index < -0.39 is 0 Å². The predicted molar refractivity (Wildman–Crippen MR) is 82.7 cm³/mol. The van der Waals surface area contributed by atoms with Gasteiger partial charge in [-0.15, -0.1) is 0 Å². The lowest BCUT2D eigenvalue weighted by Gasteiger charge is -2.38. The number of amides is 1. The van der Waals surface area contributed by atoms with Crippen LogP contribution in [0, 0.1) is 5.92 Å². The Morgan fingerprint density at radius 2 is 1.95 bits per heavy atom. The molecule has 1 aromatic rings. The van der Waals surface area contributed by atoms with Gasteiger partial charge < -0.3 is 9.64 Å². The Labute approximate surface area is 126 Å². The molecule has 4 heteroatoms. The maximum absolute atomic E-state index is 12.5. The van der Waals surface area contributed by atoms with Crippen LogP contribution in [0.1, 0.15) is 30.1 Å². The highest BCUT2D eigenvalue weighted by Gasteiger charge is 2.34. The third-order valence-corrected chi connectivity index (χ3v) is 4.80. The molecule has 3 rings (SSSR count). The van der Waals surface area contributed by atoms with Crippen molar-refractivity contribution in [1.82, 2.24) is 9.80 Å². The van der Waals surface area contributed by atoms with Crippen molar-refractivity contribution in [2.75, 3.05) is 33.3 Å². The van der Waals surface area contributed by atoms with Gasteiger partial charge in [-0.3, -0.25) is 9.69 Å². The van der Waals surface area contributed by atoms with Crippen molar-refractivity contribution in [3.05, 3.63) is 29.8 Å². The summed E-state index contributed by atoms with van der Waals surface area (Å²) in [5, 5.41) is 0. The van der Waals surface area contributed by atoms with Crippen molar-refractivity contribution in [1.29, 1.82) is 0 Å². The van der Waals surface area contributed by atoms with Gasteiger partial charge in [0.1, 0.15) is 5.75 Å². The Morgan fingerprint density at radius 3 is 2.57 bits per heavy atom. The van der Waals surface area contributed by atoms with E-state index in [9.17, 15) is 4.79 Å². The average molecular weight is 288 g/mol. The number of benzene rings is 1. The van der Waals surface area contributed by atoms with Crippen LogP contribution in [0.3, 0.4) is 0 Å². The van der Waals surface area contributed by atoms with Crippen molar-refractivity contribution >= 4 is 5.91 Å². The molecule has 1 unspecified atom stereocenters. The van der Waals surface area contributed by atoms with Gasteiger partial charge in [-0.2, -0.15) is 0 Å². The molecule has 1 saturated heterocycles. The molecule has 0 spiro atoms. The van der Waals surface area contributed by atoms with E-state index in [0.29, 0.717) is 6.04 Å². The first-order valence-corrected chi connectivity index (χ1v) is 7.86. The van der Waals surface area contributed by atoms with E-state index in [1.807, 2.05) is 29.2 Å². The summed E-state index contributed by atoms with van der Waals surface area (Å²) < 4.78 is 5.20. The number of nitrogens with zero attached hydrogens (tertiary/aromatic N) is 2. The largest absolute Gasteiger partial charge is 0.497 e. The predicted octanol–water partition coefficient (Wildman–Crippen LogP) is 2.25. The standard InChI is InChI=1S/C17H24N2O2/c1-13(14-6-7-14)18-8-10-19(11-9-18)17(20)15-4-3-5-16(12-15)21-2/h3-5,12-14H,6-11H2,1-2H3. The van der Waals surface area contributed by atoms with Crippen LogP contribution in [0.4, 0.5) is 0 Å². The monoisotopic (exact) mass is 288 g/mol. The summed E-state index contributed by atoms with van der Waals surface area (Å²) >= 11 is 0. The number of hydrogen-bond donors (Lipinski definition) is 0. The zero-order valence-electron chi connectivity index (χ0n) is 12.9. The highest BCUT2D eigenvalue weighted by atomic mass is 16.5. The highest BCUT2D eigenvalue weighted by molar-refractivity contribution is 5.94. The first kappa shape index (κ1) is 14.4. The second kappa shape index (κ2) is 6.06. The van der Waals surface area contributed by atoms with Gasteiger partial charge in [-0.25, -0.2) is 0 Å². The van der Waals surface area contributed by atoms with Gasteiger partial charge >= 0.3 is 0 Å². The van der Waals surface area contributed by atoms with Crippen LogP contribution in [0.25, 0.3) is 0 Å². The van der Waals surface area contributed by atoms with E-state index in [1.165, 1.54) is 12.8 Å². The van der Waals surface area contributed by atoms with Crippen LogP contribution < -0.4 is 4.74 Å². The highest BCUT2D eigenvalue weighted by Crippen LogP contribution is 2.35. The minimum atomic E-state index is 0.118. The summed E-state index contributed by atoms with van der Waals surface area (Å²) in [4.78, 5) is 17.0. The molecular formula is C17H24N2O2. The summed E-state index contributed by atoms with van der Waals surface area (Å²) in [6.45, 7) is 5.97. The van der Waals surface area contributed by atoms with E-state index in [2.05, 4.69) is 11.8 Å². The average Bonchev–Trinajstić information content (AvgIpc) is 3.38. The molecule has 0 N–H and O–H groups in total. The molecule has 1 aromatic carbocycles. The second-order valence-corrected chi connectivity index (χ2v) is 6.14. The van der Waals surface area contributed by atoms with Gasteiger partial charge in [0.25, 0.3) is 5.91 Å². The maximum atomic E-state index is 12.5. The lowest BCUT2D eigenvalue weighted by atomic mass is 10.1. The number of methoxy groups -OCH3 is 1. The van der Waals surface area contributed by atoms with Gasteiger partial charge in [-0.05, 0) is 43.9 Å². The molecule has 1 atom stereocenters. The number of rotatable bonds is 4. The number of carbonyl (C=O) groups excluding carboxylic acids is 1. The van der Waals surface area contributed by atoms with E-state index >= 15 is 0 Å². The smallest absolute Gasteiger partial charge is 0.254 e. The molecule has 21 heavy (non-hydrogen) atoms. The molecule has 1 aliphatic carbocycles. The number of hydrogen-bond acceptors (Lipinski definition) is 3. The fourth-order valence-corrected chi connectivity index (χ4v) is 3.15. The third kappa shape index (κ3) is 3.21. The molecule has 4 nitrogen and oxygen atoms in total. The first-order valence-electron chi connectivity index (χ1n) is 7.86. The Kier molecular flexibility index (Phi) is 4.15. The fraction of sp³-hybridized carbons (Fsp3) is 0.588. The topological polar surface area (TPSA) is 32.8 Å². The molecular weight excluding hydrogens is 264 g/mol. The Balaban J connectivity index is 1.59. The van der Waals surface area contributed by atoms with Crippen LogP contribution in [-0.4, -0.2) is 55.0 Å². The molecule has 0 radical (unpaired) electrons. The second-order valence-electron chi connectivity index (χ2n) is 6.14. The minimum absolute atomic E-state index is 0.118. The van der Waals surface area contributed by atoms with Gasteiger partial charge in [-0.1, -0.05) is 6.07 Å². The maximum Gasteiger partial charge on any atom is 0.254 e. The summed E-state index contributed by atoms with van der Waals surface area (Å²) in [6, 6.07) is 8.11. The Morgan fingerprint density at radius 1 is 1.24 bits per heavy atom. The molecule has 1 amide bonds. The van der Waals surface area contributed by atoms with Crippen molar-refractivity contribution in [3.63, 3.8) is 0 Å². The summed E-state index contributed by atoms with van der Waals surface area (Å²) in [5.41, 5.74) is 0.720. The number of ether oxygens (including phenoxy) is 1. The SMILES string of the molecule is COc1cccc(C(=O)N2CCN(C(C)C3CC3)CC2)c1. The molecule has 1 heterocycles. The van der Waals surface area contributed by atoms with Crippen molar-refractivity contribution < 1.29 is 9.53 Å². The molecule has 0 aromatic heterocycles. The van der Waals surface area contributed by atoms with Gasteiger partial charge in [0.2, 0.25) is 0 Å². The zero-order chi connectivity index (χ0) is 14.8. The molecule has 2 fully saturated rings. The summed E-state index contributed by atoms with van der Waals surface area (Å²) in [7, 11) is 1.63. The minimum Gasteiger partial charge on any atom is -0.497 e. The number of carbonyl (C=O) groups is 1. The summed E-state index contributed by atoms with van der Waals surface area (Å²) in [6.07, 6.45) is 2.76. The number of piperazine rings is 1. The van der Waals surface area contributed by atoms with Crippen LogP contribution in [0.15, 0.2) is 24.3 Å². The van der Waals surface area contributed by atoms with Crippen molar-refractivity contribution in [2.24, 2.45) is 5.92 Å². The van der Waals surface area contributed by atoms with E-state index in [-0.39, 0.29) is 5.91 Å². The van der Waals surface area contributed by atoms with Gasteiger partial charge in [0.05, 0.1) is 7.11 Å². The van der Waals surface area contributed by atoms with E-state index in [1.54, 1.807) is 7.11 Å². The first-order chi connectivity index (χ1) is 10.2. The lowest BCUT2D eigenvalue weighted by molar-refractivity contribution is 0.0563. The third-order valence-electron chi connectivity index (χ3n) is 4.80. The van der Waals surface area contributed by atoms with Crippen LogP contribution in [-0.2, 0) is 0 Å². The normalized spacial score (nSPS) is 21.1. The lowest BCUT2D eigenvalue weighted by Crippen LogP contribution is -2.51. The van der Waals surface area contributed by atoms with Crippen molar-refractivity contribution in [3.8, 4) is 5.75 Å². The van der Waals surface area contributed by atoms with Crippen LogP contribution in [0.5, 0.6) is 5.75 Å². The van der Waals surface area contributed by atoms with E-state index in [0.717, 1.165) is 43.4 Å². The van der Waals surface area contributed by atoms with Crippen LogP contribution >= 0.6 is 0 Å². The molecule has 1 saturated carbocycles. The van der Waals surface area contributed by atoms with Gasteiger partial charge in [0.15, 0.2) is 0 Å². The molecule has 0 bridgehead atoms. The van der Waals surface area contributed by atoms with E-state index in [4.69, 9.17) is 4.74 Å². The van der Waals surface area contributed by atoms with Crippen LogP contribution in [0.2, 0.25) is 0 Å². The molecule has 2 aliphatic rings. The molecule has 114 valence electrons. The zero-order valence-corrected chi connectivity index (χ0v) is 12.9. The Bertz CT molecular complexity index is 505. The van der Waals surface area contributed by atoms with Crippen molar-refractivity contribution in [2.45, 2.75) is 25.8 Å². The fourth-order valence-electron chi connectivity index (χ4n) is 3.15. The summed E-state index contributed by atoms with van der Waals surface area (Å²) in [5.74, 6) is 1.75. The van der Waals surface area contributed by atoms with Gasteiger partial charge in [0, 0.05) is 37.8 Å². The Hall–Kier alpha value is -1.55.